The molecule has 2 nitrogen and oxygen atoms in total. The number of hydrogen-bond acceptors (Lipinski definition) is 1. The van der Waals surface area contributed by atoms with Crippen LogP contribution in [0.15, 0.2) is 17.1 Å². The molecule has 0 aliphatic heterocycles. The monoisotopic (exact) mass is 270 g/mol. The van der Waals surface area contributed by atoms with Gasteiger partial charge in [-0.05, 0) is 12.1 Å². The number of halogens is 4. The maximum Gasteiger partial charge on any atom is 0.115 e. The van der Waals surface area contributed by atoms with Gasteiger partial charge in [0.2, 0.25) is 0 Å². The van der Waals surface area contributed by atoms with E-state index in [4.69, 9.17) is 52.1 Å². The Kier molecular flexibility index (Phi) is 4.32. The molecule has 0 aliphatic carbocycles. The highest BCUT2D eigenvalue weighted by atomic mass is 35.5. The third-order valence-electron chi connectivity index (χ3n) is 1.37. The van der Waals surface area contributed by atoms with Gasteiger partial charge in [0.25, 0.3) is 0 Å². The van der Waals surface area contributed by atoms with Crippen LogP contribution in [0.25, 0.3) is 0 Å². The van der Waals surface area contributed by atoms with Crippen LogP contribution in [0.5, 0.6) is 0 Å². The molecule has 1 aromatic rings. The fourth-order valence-corrected chi connectivity index (χ4v) is 1.78. The van der Waals surface area contributed by atoms with Crippen LogP contribution in [0.1, 0.15) is 0 Å². The van der Waals surface area contributed by atoms with Crippen LogP contribution in [0, 0.1) is 0 Å². The minimum absolute atomic E-state index is 0.120. The number of alkyl halides is 1. The maximum absolute atomic E-state index is 5.86. The molecular formula is C8H6Cl4N2. The highest BCUT2D eigenvalue weighted by Gasteiger charge is 2.06. The largest absolute Gasteiger partial charge is 0.386 e. The van der Waals surface area contributed by atoms with Gasteiger partial charge in [0.05, 0.1) is 15.9 Å². The second-order valence-corrected chi connectivity index (χ2v) is 3.97. The predicted molar refractivity (Wildman–Crippen MR) is 63.5 cm³/mol. The van der Waals surface area contributed by atoms with E-state index >= 15 is 0 Å². The summed E-state index contributed by atoms with van der Waals surface area (Å²) < 4.78 is 0. The van der Waals surface area contributed by atoms with Crippen molar-refractivity contribution in [3.63, 3.8) is 0 Å². The molecule has 0 saturated carbocycles. The molecule has 0 aromatic heterocycles. The second-order valence-electron chi connectivity index (χ2n) is 2.45. The summed E-state index contributed by atoms with van der Waals surface area (Å²) >= 11 is 22.9. The Balaban J connectivity index is 3.21. The summed E-state index contributed by atoms with van der Waals surface area (Å²) in [6, 6.07) is 3.07. The van der Waals surface area contributed by atoms with Crippen LogP contribution in [0.4, 0.5) is 5.69 Å². The first kappa shape index (κ1) is 11.9. The van der Waals surface area contributed by atoms with Gasteiger partial charge in [0.15, 0.2) is 0 Å². The zero-order valence-corrected chi connectivity index (χ0v) is 9.92. The lowest BCUT2D eigenvalue weighted by atomic mass is 10.3. The molecule has 14 heavy (non-hydrogen) atoms. The number of rotatable bonds is 2. The molecule has 0 atom stereocenters. The third-order valence-corrected chi connectivity index (χ3v) is 2.44. The lowest BCUT2D eigenvalue weighted by Crippen LogP contribution is -2.12. The Morgan fingerprint density at radius 3 is 2.14 bits per heavy atom. The molecule has 0 fully saturated rings. The molecule has 0 bridgehead atoms. The highest BCUT2D eigenvalue weighted by molar-refractivity contribution is 6.41. The fourth-order valence-electron chi connectivity index (χ4n) is 0.815. The fraction of sp³-hybridized carbons (Fsp3) is 0.125. The first-order valence-corrected chi connectivity index (χ1v) is 5.25. The van der Waals surface area contributed by atoms with Crippen molar-refractivity contribution in [1.29, 1.82) is 0 Å². The van der Waals surface area contributed by atoms with E-state index in [9.17, 15) is 0 Å². The smallest absolute Gasteiger partial charge is 0.115 e. The maximum atomic E-state index is 5.86. The molecule has 0 heterocycles. The van der Waals surface area contributed by atoms with Crippen LogP contribution in [0.2, 0.25) is 15.1 Å². The van der Waals surface area contributed by atoms with Crippen molar-refractivity contribution in [1.82, 2.24) is 0 Å². The first-order valence-electron chi connectivity index (χ1n) is 3.58. The van der Waals surface area contributed by atoms with Gasteiger partial charge in [-0.1, -0.05) is 34.8 Å². The summed E-state index contributed by atoms with van der Waals surface area (Å²) in [7, 11) is 0. The number of amidine groups is 1. The van der Waals surface area contributed by atoms with Gasteiger partial charge in [0, 0.05) is 5.02 Å². The number of nitrogens with zero attached hydrogens (tertiary/aromatic N) is 1. The average Bonchev–Trinajstić information content (AvgIpc) is 2.10. The van der Waals surface area contributed by atoms with Crippen LogP contribution in [0.3, 0.4) is 0 Å². The number of benzene rings is 1. The third kappa shape index (κ3) is 2.92. The molecule has 0 saturated heterocycles. The van der Waals surface area contributed by atoms with E-state index in [0.717, 1.165) is 0 Å². The van der Waals surface area contributed by atoms with Crippen molar-refractivity contribution in [2.45, 2.75) is 0 Å². The molecule has 0 radical (unpaired) electrons. The Morgan fingerprint density at radius 1 is 1.21 bits per heavy atom. The molecule has 0 unspecified atom stereocenters. The molecule has 0 spiro atoms. The Labute approximate surface area is 102 Å². The van der Waals surface area contributed by atoms with Crippen molar-refractivity contribution in [2.24, 2.45) is 10.7 Å². The molecule has 1 aromatic carbocycles. The van der Waals surface area contributed by atoms with E-state index in [2.05, 4.69) is 4.99 Å². The molecule has 76 valence electrons. The number of hydrogen-bond donors (Lipinski definition) is 1. The van der Waals surface area contributed by atoms with Gasteiger partial charge in [-0.3, -0.25) is 0 Å². The van der Waals surface area contributed by atoms with Crippen LogP contribution in [-0.4, -0.2) is 11.7 Å². The lowest BCUT2D eigenvalue weighted by molar-refractivity contribution is 1.45. The number of nitrogens with two attached hydrogens (primary N) is 1. The van der Waals surface area contributed by atoms with Crippen molar-refractivity contribution in [3.8, 4) is 0 Å². The van der Waals surface area contributed by atoms with E-state index in [0.29, 0.717) is 20.8 Å². The molecule has 6 heteroatoms. The minimum Gasteiger partial charge on any atom is -0.386 e. The van der Waals surface area contributed by atoms with E-state index in [-0.39, 0.29) is 11.7 Å². The van der Waals surface area contributed by atoms with Crippen LogP contribution < -0.4 is 5.73 Å². The molecule has 1 rings (SSSR count). The molecule has 0 aliphatic rings. The van der Waals surface area contributed by atoms with E-state index < -0.39 is 0 Å². The van der Waals surface area contributed by atoms with E-state index in [1.54, 1.807) is 0 Å². The molecule has 2 N–H and O–H groups in total. The van der Waals surface area contributed by atoms with Gasteiger partial charge < -0.3 is 5.73 Å². The highest BCUT2D eigenvalue weighted by Crippen LogP contribution is 2.35. The van der Waals surface area contributed by atoms with Crippen LogP contribution in [-0.2, 0) is 0 Å². The van der Waals surface area contributed by atoms with Crippen LogP contribution >= 0.6 is 46.4 Å². The lowest BCUT2D eigenvalue weighted by Gasteiger charge is -2.03. The molecular weight excluding hydrogens is 266 g/mol. The van der Waals surface area contributed by atoms with Gasteiger partial charge >= 0.3 is 0 Å². The normalized spacial score (nSPS) is 11.9. The van der Waals surface area contributed by atoms with Crippen molar-refractivity contribution >= 4 is 57.9 Å². The second kappa shape index (κ2) is 5.08. The summed E-state index contributed by atoms with van der Waals surface area (Å²) in [5.41, 5.74) is 5.83. The number of aliphatic imine (C=N–C) groups is 1. The van der Waals surface area contributed by atoms with Crippen molar-refractivity contribution in [3.05, 3.63) is 27.2 Å². The average molecular weight is 272 g/mol. The van der Waals surface area contributed by atoms with Gasteiger partial charge in [-0.25, -0.2) is 4.99 Å². The zero-order chi connectivity index (χ0) is 10.7. The Bertz CT molecular complexity index is 353. The zero-order valence-electron chi connectivity index (χ0n) is 6.90. The van der Waals surface area contributed by atoms with Gasteiger partial charge in [0.1, 0.15) is 11.5 Å². The first-order chi connectivity index (χ1) is 6.54. The Hall–Kier alpha value is -0.150. The standard InChI is InChI=1S/C8H6Cl4N2/c9-3-7(13)14-8-5(11)1-4(10)2-6(8)12/h1-2H,3H2,(H2,13,14). The summed E-state index contributed by atoms with van der Waals surface area (Å²) in [5, 5.41) is 1.13. The summed E-state index contributed by atoms with van der Waals surface area (Å²) in [5.74, 6) is 0.368. The minimum atomic E-state index is 0.120. The topological polar surface area (TPSA) is 38.4 Å². The predicted octanol–water partition coefficient (Wildman–Crippen LogP) is 3.87. The summed E-state index contributed by atoms with van der Waals surface area (Å²) in [4.78, 5) is 3.96. The molecule has 0 amide bonds. The summed E-state index contributed by atoms with van der Waals surface area (Å²) in [6.07, 6.45) is 0. The summed E-state index contributed by atoms with van der Waals surface area (Å²) in [6.45, 7) is 0. The van der Waals surface area contributed by atoms with Gasteiger partial charge in [-0.15, -0.1) is 11.6 Å². The van der Waals surface area contributed by atoms with Gasteiger partial charge in [-0.2, -0.15) is 0 Å². The Morgan fingerprint density at radius 2 is 1.71 bits per heavy atom. The quantitative estimate of drug-likeness (QED) is 0.495. The SMILES string of the molecule is NC(CCl)=Nc1c(Cl)cc(Cl)cc1Cl. The van der Waals surface area contributed by atoms with Crippen molar-refractivity contribution in [2.75, 3.05) is 5.88 Å². The van der Waals surface area contributed by atoms with E-state index in [1.165, 1.54) is 12.1 Å². The van der Waals surface area contributed by atoms with Crippen molar-refractivity contribution < 1.29 is 0 Å². The van der Waals surface area contributed by atoms with E-state index in [1.807, 2.05) is 0 Å².